The van der Waals surface area contributed by atoms with E-state index >= 15 is 0 Å². The highest BCUT2D eigenvalue weighted by atomic mass is 19.4. The second-order valence-corrected chi connectivity index (χ2v) is 3.53. The first-order valence-corrected chi connectivity index (χ1v) is 5.43. The lowest BCUT2D eigenvalue weighted by molar-refractivity contribution is -0.132. The molecule has 0 unspecified atom stereocenters. The van der Waals surface area contributed by atoms with Crippen molar-refractivity contribution in [2.75, 3.05) is 13.1 Å². The number of hydrogen-bond donors (Lipinski definition) is 2. The maximum Gasteiger partial charge on any atom is 0.390 e. The van der Waals surface area contributed by atoms with Crippen molar-refractivity contribution in [3.63, 3.8) is 0 Å². The molecule has 0 aliphatic carbocycles. The quantitative estimate of drug-likeness (QED) is 0.808. The van der Waals surface area contributed by atoms with E-state index in [-0.39, 0.29) is 12.2 Å². The summed E-state index contributed by atoms with van der Waals surface area (Å²) in [6.07, 6.45) is -4.03. The van der Waals surface area contributed by atoms with E-state index in [0.29, 0.717) is 5.56 Å². The molecule has 0 spiro atoms. The Morgan fingerprint density at radius 2 is 2.21 bits per heavy atom. The summed E-state index contributed by atoms with van der Waals surface area (Å²) < 4.78 is 35.9. The first-order valence-electron chi connectivity index (χ1n) is 5.43. The van der Waals surface area contributed by atoms with E-state index in [4.69, 9.17) is 5.73 Å². The van der Waals surface area contributed by atoms with Crippen LogP contribution in [0.4, 0.5) is 13.2 Å². The van der Waals surface area contributed by atoms with Crippen molar-refractivity contribution in [1.29, 1.82) is 0 Å². The third kappa shape index (κ3) is 5.40. The van der Waals surface area contributed by atoms with Crippen LogP contribution < -0.4 is 11.1 Å². The molecule has 0 aliphatic rings. The molecule has 0 saturated heterocycles. The highest BCUT2D eigenvalue weighted by molar-refractivity contribution is 5.94. The van der Waals surface area contributed by atoms with Gasteiger partial charge in [0.25, 0.3) is 5.91 Å². The van der Waals surface area contributed by atoms with Gasteiger partial charge in [-0.3, -0.25) is 4.79 Å². The second kappa shape index (κ2) is 6.75. The predicted octanol–water partition coefficient (Wildman–Crippen LogP) is 1.07. The van der Waals surface area contributed by atoms with E-state index in [2.05, 4.69) is 22.1 Å². The van der Waals surface area contributed by atoms with Crippen LogP contribution in [-0.2, 0) is 0 Å². The van der Waals surface area contributed by atoms with Crippen molar-refractivity contribution in [3.8, 4) is 11.8 Å². The molecule has 7 heteroatoms. The first kappa shape index (κ1) is 15.0. The molecule has 0 saturated carbocycles. The number of rotatable bonds is 3. The molecule has 1 aromatic heterocycles. The lowest BCUT2D eigenvalue weighted by Gasteiger charge is -2.08. The highest BCUT2D eigenvalue weighted by Crippen LogP contribution is 2.18. The Kier molecular flexibility index (Phi) is 5.33. The molecule has 1 heterocycles. The van der Waals surface area contributed by atoms with Crippen molar-refractivity contribution in [2.24, 2.45) is 5.73 Å². The summed E-state index contributed by atoms with van der Waals surface area (Å²) in [5.74, 6) is 4.51. The van der Waals surface area contributed by atoms with Gasteiger partial charge in [-0.25, -0.2) is 4.98 Å². The number of nitrogens with zero attached hydrogens (tertiary/aromatic N) is 1. The first-order chi connectivity index (χ1) is 8.94. The third-order valence-corrected chi connectivity index (χ3v) is 2.04. The molecule has 0 fully saturated rings. The van der Waals surface area contributed by atoms with Crippen molar-refractivity contribution in [3.05, 3.63) is 29.6 Å². The molecule has 19 heavy (non-hydrogen) atoms. The summed E-state index contributed by atoms with van der Waals surface area (Å²) in [7, 11) is 0. The lowest BCUT2D eigenvalue weighted by Crippen LogP contribution is -2.29. The summed E-state index contributed by atoms with van der Waals surface area (Å²) in [4.78, 5) is 15.5. The fourth-order valence-corrected chi connectivity index (χ4v) is 1.23. The molecule has 0 radical (unpaired) electrons. The lowest BCUT2D eigenvalue weighted by atomic mass is 10.2. The van der Waals surface area contributed by atoms with Crippen molar-refractivity contribution in [2.45, 2.75) is 12.6 Å². The minimum atomic E-state index is -4.31. The van der Waals surface area contributed by atoms with Crippen LogP contribution >= 0.6 is 0 Å². The van der Waals surface area contributed by atoms with E-state index in [9.17, 15) is 18.0 Å². The van der Waals surface area contributed by atoms with Gasteiger partial charge in [0, 0.05) is 12.7 Å². The average molecular weight is 271 g/mol. The van der Waals surface area contributed by atoms with E-state index in [1.54, 1.807) is 12.1 Å². The zero-order valence-electron chi connectivity index (χ0n) is 9.92. The predicted molar refractivity (Wildman–Crippen MR) is 63.2 cm³/mol. The summed E-state index contributed by atoms with van der Waals surface area (Å²) in [6, 6.07) is 3.13. The van der Waals surface area contributed by atoms with E-state index < -0.39 is 25.0 Å². The summed E-state index contributed by atoms with van der Waals surface area (Å²) in [5, 5.41) is 2.15. The van der Waals surface area contributed by atoms with Crippen LogP contribution in [0, 0.1) is 11.8 Å². The van der Waals surface area contributed by atoms with Gasteiger partial charge in [-0.1, -0.05) is 11.8 Å². The Labute approximate surface area is 108 Å². The summed E-state index contributed by atoms with van der Waals surface area (Å²) in [6.45, 7) is -0.382. The van der Waals surface area contributed by atoms with Crippen LogP contribution in [0.15, 0.2) is 18.3 Å². The number of aromatic nitrogens is 1. The van der Waals surface area contributed by atoms with E-state index in [0.717, 1.165) is 0 Å². The number of carbonyl (C=O) groups is 1. The SMILES string of the molecule is NCC#Cc1cccnc1C(=O)NCCC(F)(F)F. The van der Waals surface area contributed by atoms with Crippen LogP contribution in [0.25, 0.3) is 0 Å². The number of pyridine rings is 1. The van der Waals surface area contributed by atoms with Gasteiger partial charge in [-0.05, 0) is 12.1 Å². The minimum absolute atomic E-state index is 0.00868. The fraction of sp³-hybridized carbons (Fsp3) is 0.333. The smallest absolute Gasteiger partial charge is 0.350 e. The zero-order chi connectivity index (χ0) is 14.3. The normalized spacial score (nSPS) is 10.5. The molecule has 1 aromatic rings. The number of halogens is 3. The average Bonchev–Trinajstić information content (AvgIpc) is 2.35. The fourth-order valence-electron chi connectivity index (χ4n) is 1.23. The number of alkyl halides is 3. The van der Waals surface area contributed by atoms with Crippen LogP contribution in [0.1, 0.15) is 22.5 Å². The molecule has 3 N–H and O–H groups in total. The third-order valence-electron chi connectivity index (χ3n) is 2.04. The Morgan fingerprint density at radius 1 is 1.47 bits per heavy atom. The molecular formula is C12H12F3N3O. The molecule has 102 valence electrons. The Hall–Kier alpha value is -2.07. The molecule has 0 aromatic carbocycles. The number of nitrogens with one attached hydrogen (secondary N) is 1. The zero-order valence-corrected chi connectivity index (χ0v) is 9.92. The summed E-state index contributed by atoms with van der Waals surface area (Å²) in [5.41, 5.74) is 5.53. The second-order valence-electron chi connectivity index (χ2n) is 3.53. The van der Waals surface area contributed by atoms with Crippen molar-refractivity contribution >= 4 is 5.91 Å². The van der Waals surface area contributed by atoms with Gasteiger partial charge < -0.3 is 11.1 Å². The van der Waals surface area contributed by atoms with Gasteiger partial charge in [0.05, 0.1) is 18.5 Å². The number of amides is 1. The van der Waals surface area contributed by atoms with Gasteiger partial charge >= 0.3 is 6.18 Å². The Balaban J connectivity index is 2.72. The number of hydrogen-bond acceptors (Lipinski definition) is 3. The highest BCUT2D eigenvalue weighted by Gasteiger charge is 2.26. The molecular weight excluding hydrogens is 259 g/mol. The van der Waals surface area contributed by atoms with Crippen LogP contribution in [0.5, 0.6) is 0 Å². The van der Waals surface area contributed by atoms with Crippen molar-refractivity contribution in [1.82, 2.24) is 10.3 Å². The maximum atomic E-state index is 12.0. The topological polar surface area (TPSA) is 68.0 Å². The van der Waals surface area contributed by atoms with Crippen LogP contribution in [-0.4, -0.2) is 30.2 Å². The van der Waals surface area contributed by atoms with Gasteiger partial charge in [0.2, 0.25) is 0 Å². The van der Waals surface area contributed by atoms with Gasteiger partial charge in [-0.15, -0.1) is 0 Å². The van der Waals surface area contributed by atoms with Gasteiger partial charge in [0.1, 0.15) is 5.69 Å². The molecule has 0 aliphatic heterocycles. The Bertz CT molecular complexity index is 503. The standard InChI is InChI=1S/C12H12F3N3O/c13-12(14,15)5-8-18-11(19)10-9(3-1-6-16)4-2-7-17-10/h2,4,7H,5-6,8,16H2,(H,18,19). The van der Waals surface area contributed by atoms with Gasteiger partial charge in [-0.2, -0.15) is 13.2 Å². The molecule has 1 rings (SSSR count). The maximum absolute atomic E-state index is 12.0. The molecule has 0 bridgehead atoms. The summed E-state index contributed by atoms with van der Waals surface area (Å²) >= 11 is 0. The number of nitrogens with two attached hydrogens (primary N) is 1. The largest absolute Gasteiger partial charge is 0.390 e. The molecule has 1 amide bonds. The van der Waals surface area contributed by atoms with Crippen molar-refractivity contribution < 1.29 is 18.0 Å². The minimum Gasteiger partial charge on any atom is -0.350 e. The van der Waals surface area contributed by atoms with E-state index in [1.165, 1.54) is 6.20 Å². The van der Waals surface area contributed by atoms with Gasteiger partial charge in [0.15, 0.2) is 0 Å². The van der Waals surface area contributed by atoms with Crippen LogP contribution in [0.3, 0.4) is 0 Å². The van der Waals surface area contributed by atoms with Crippen LogP contribution in [0.2, 0.25) is 0 Å². The molecule has 0 atom stereocenters. The van der Waals surface area contributed by atoms with E-state index in [1.807, 2.05) is 0 Å². The monoisotopic (exact) mass is 271 g/mol. The Morgan fingerprint density at radius 3 is 2.84 bits per heavy atom. The number of carbonyl (C=O) groups excluding carboxylic acids is 1. The molecule has 4 nitrogen and oxygen atoms in total.